The SMILES string of the molecule is CCCn1c(O)c(N=NC(=O)C(=O)Nc2ccc(O)cc2)c2ccccc21. The number of anilines is 1. The van der Waals surface area contributed by atoms with Crippen LogP contribution < -0.4 is 5.32 Å². The summed E-state index contributed by atoms with van der Waals surface area (Å²) in [4.78, 5) is 23.9. The van der Waals surface area contributed by atoms with Gasteiger partial charge in [0.1, 0.15) is 5.75 Å². The smallest absolute Gasteiger partial charge is 0.353 e. The maximum atomic E-state index is 12.0. The monoisotopic (exact) mass is 366 g/mol. The third-order valence-electron chi connectivity index (χ3n) is 3.92. The number of phenols is 1. The lowest BCUT2D eigenvalue weighted by Gasteiger charge is -2.03. The molecule has 3 rings (SSSR count). The third-order valence-corrected chi connectivity index (χ3v) is 3.92. The van der Waals surface area contributed by atoms with Crippen LogP contribution >= 0.6 is 0 Å². The van der Waals surface area contributed by atoms with Gasteiger partial charge in [-0.1, -0.05) is 25.1 Å². The van der Waals surface area contributed by atoms with Crippen molar-refractivity contribution in [3.05, 3.63) is 48.5 Å². The van der Waals surface area contributed by atoms with Gasteiger partial charge >= 0.3 is 11.8 Å². The quantitative estimate of drug-likeness (QED) is 0.371. The average molecular weight is 366 g/mol. The standard InChI is InChI=1S/C19H18N4O4/c1-2-11-23-15-6-4-3-5-14(15)16(19(23)27)21-22-18(26)17(25)20-12-7-9-13(24)10-8-12/h3-10,24,27H,2,11H2,1H3,(H,20,25). The summed E-state index contributed by atoms with van der Waals surface area (Å²) in [5.41, 5.74) is 1.25. The van der Waals surface area contributed by atoms with Gasteiger partial charge in [0.25, 0.3) is 0 Å². The molecule has 0 atom stereocenters. The van der Waals surface area contributed by atoms with Gasteiger partial charge in [0, 0.05) is 17.6 Å². The largest absolute Gasteiger partial charge is 0.508 e. The molecule has 27 heavy (non-hydrogen) atoms. The highest BCUT2D eigenvalue weighted by Crippen LogP contribution is 2.38. The van der Waals surface area contributed by atoms with E-state index in [4.69, 9.17) is 0 Å². The molecule has 2 aromatic carbocycles. The Kier molecular flexibility index (Phi) is 5.16. The molecule has 0 saturated heterocycles. The van der Waals surface area contributed by atoms with E-state index in [-0.39, 0.29) is 17.3 Å². The molecule has 0 aliphatic carbocycles. The van der Waals surface area contributed by atoms with Crippen molar-refractivity contribution in [3.63, 3.8) is 0 Å². The Balaban J connectivity index is 1.83. The molecule has 0 bridgehead atoms. The van der Waals surface area contributed by atoms with E-state index in [9.17, 15) is 19.8 Å². The zero-order chi connectivity index (χ0) is 19.4. The van der Waals surface area contributed by atoms with Gasteiger partial charge in [-0.05, 0) is 36.8 Å². The molecule has 138 valence electrons. The van der Waals surface area contributed by atoms with E-state index in [1.807, 2.05) is 19.1 Å². The number of amides is 2. The lowest BCUT2D eigenvalue weighted by atomic mass is 10.2. The van der Waals surface area contributed by atoms with Gasteiger partial charge in [0.2, 0.25) is 5.88 Å². The summed E-state index contributed by atoms with van der Waals surface area (Å²) >= 11 is 0. The van der Waals surface area contributed by atoms with Crippen molar-refractivity contribution in [1.29, 1.82) is 0 Å². The maximum Gasteiger partial charge on any atom is 0.353 e. The molecule has 8 nitrogen and oxygen atoms in total. The summed E-state index contributed by atoms with van der Waals surface area (Å²) in [5.74, 6) is -2.14. The summed E-state index contributed by atoms with van der Waals surface area (Å²) in [7, 11) is 0. The van der Waals surface area contributed by atoms with Gasteiger partial charge < -0.3 is 20.1 Å². The Morgan fingerprint density at radius 1 is 1.07 bits per heavy atom. The summed E-state index contributed by atoms with van der Waals surface area (Å²) in [6.07, 6.45) is 0.802. The van der Waals surface area contributed by atoms with Crippen molar-refractivity contribution in [2.45, 2.75) is 19.9 Å². The van der Waals surface area contributed by atoms with E-state index in [0.29, 0.717) is 17.6 Å². The summed E-state index contributed by atoms with van der Waals surface area (Å²) < 4.78 is 1.69. The fraction of sp³-hybridized carbons (Fsp3) is 0.158. The summed E-state index contributed by atoms with van der Waals surface area (Å²) in [6.45, 7) is 2.56. The molecule has 3 aromatic rings. The van der Waals surface area contributed by atoms with Crippen LogP contribution in [0, 0.1) is 0 Å². The molecule has 1 aromatic heterocycles. The zero-order valence-corrected chi connectivity index (χ0v) is 14.6. The van der Waals surface area contributed by atoms with Gasteiger partial charge in [-0.2, -0.15) is 0 Å². The van der Waals surface area contributed by atoms with E-state index >= 15 is 0 Å². The van der Waals surface area contributed by atoms with E-state index in [1.165, 1.54) is 24.3 Å². The number of rotatable bonds is 4. The second-order valence-corrected chi connectivity index (χ2v) is 5.85. The topological polar surface area (TPSA) is 116 Å². The van der Waals surface area contributed by atoms with Crippen molar-refractivity contribution >= 4 is 34.1 Å². The molecule has 0 saturated carbocycles. The molecule has 0 unspecified atom stereocenters. The first-order valence-corrected chi connectivity index (χ1v) is 8.37. The minimum Gasteiger partial charge on any atom is -0.508 e. The Bertz CT molecular complexity index is 1020. The lowest BCUT2D eigenvalue weighted by Crippen LogP contribution is -2.20. The number of hydrogen-bond donors (Lipinski definition) is 3. The van der Waals surface area contributed by atoms with Crippen LogP contribution in [0.3, 0.4) is 0 Å². The molecular weight excluding hydrogens is 348 g/mol. The van der Waals surface area contributed by atoms with Crippen LogP contribution in [0.1, 0.15) is 13.3 Å². The molecule has 8 heteroatoms. The lowest BCUT2D eigenvalue weighted by molar-refractivity contribution is -0.134. The van der Waals surface area contributed by atoms with E-state index in [0.717, 1.165) is 11.9 Å². The maximum absolute atomic E-state index is 12.0. The van der Waals surface area contributed by atoms with Crippen molar-refractivity contribution in [2.75, 3.05) is 5.32 Å². The minimum atomic E-state index is -1.10. The number of fused-ring (bicyclic) bond motifs is 1. The normalized spacial score (nSPS) is 11.1. The number of carbonyl (C=O) groups excluding carboxylic acids is 2. The highest BCUT2D eigenvalue weighted by atomic mass is 16.3. The third kappa shape index (κ3) is 3.79. The number of para-hydroxylation sites is 1. The van der Waals surface area contributed by atoms with Crippen LogP contribution in [0.5, 0.6) is 11.6 Å². The Hall–Kier alpha value is -3.68. The van der Waals surface area contributed by atoms with Gasteiger partial charge in [-0.15, -0.1) is 10.2 Å². The van der Waals surface area contributed by atoms with E-state index in [1.54, 1.807) is 16.7 Å². The molecule has 1 heterocycles. The van der Waals surface area contributed by atoms with E-state index in [2.05, 4.69) is 15.5 Å². The second-order valence-electron chi connectivity index (χ2n) is 5.85. The number of carbonyl (C=O) groups is 2. The number of azo groups is 1. The first-order chi connectivity index (χ1) is 13.0. The van der Waals surface area contributed by atoms with Gasteiger partial charge in [0.15, 0.2) is 5.69 Å². The average Bonchev–Trinajstić information content (AvgIpc) is 2.93. The van der Waals surface area contributed by atoms with Gasteiger partial charge in [-0.3, -0.25) is 9.59 Å². The van der Waals surface area contributed by atoms with Crippen molar-refractivity contribution in [2.24, 2.45) is 10.2 Å². The van der Waals surface area contributed by atoms with Gasteiger partial charge in [-0.25, -0.2) is 0 Å². The molecular formula is C19H18N4O4. The highest BCUT2D eigenvalue weighted by Gasteiger charge is 2.18. The Morgan fingerprint density at radius 3 is 2.48 bits per heavy atom. The van der Waals surface area contributed by atoms with Crippen LogP contribution in [0.15, 0.2) is 58.8 Å². The number of hydrogen-bond acceptors (Lipinski definition) is 5. The molecule has 0 aliphatic heterocycles. The Morgan fingerprint density at radius 2 is 1.78 bits per heavy atom. The van der Waals surface area contributed by atoms with Crippen LogP contribution in [-0.4, -0.2) is 26.6 Å². The molecule has 2 amide bonds. The number of nitrogens with one attached hydrogen (secondary N) is 1. The van der Waals surface area contributed by atoms with Crippen molar-refractivity contribution in [1.82, 2.24) is 4.57 Å². The van der Waals surface area contributed by atoms with Crippen LogP contribution in [0.2, 0.25) is 0 Å². The molecule has 0 spiro atoms. The first kappa shape index (κ1) is 18.1. The highest BCUT2D eigenvalue weighted by molar-refractivity contribution is 6.40. The predicted octanol–water partition coefficient (Wildman–Crippen LogP) is 3.71. The van der Waals surface area contributed by atoms with Crippen molar-refractivity contribution in [3.8, 4) is 11.6 Å². The second kappa shape index (κ2) is 7.69. The summed E-state index contributed by atoms with van der Waals surface area (Å²) in [5, 5.41) is 29.9. The van der Waals surface area contributed by atoms with Crippen LogP contribution in [-0.2, 0) is 16.1 Å². The number of aromatic nitrogens is 1. The zero-order valence-electron chi connectivity index (χ0n) is 14.6. The molecule has 0 aliphatic rings. The number of phenolic OH excluding ortho intramolecular Hbond substituents is 1. The van der Waals surface area contributed by atoms with Crippen molar-refractivity contribution < 1.29 is 19.8 Å². The molecule has 0 radical (unpaired) electrons. The molecule has 3 N–H and O–H groups in total. The first-order valence-electron chi connectivity index (χ1n) is 8.37. The summed E-state index contributed by atoms with van der Waals surface area (Å²) in [6, 6.07) is 12.9. The molecule has 0 fully saturated rings. The number of aromatic hydroxyl groups is 2. The predicted molar refractivity (Wildman–Crippen MR) is 100 cm³/mol. The number of aryl methyl sites for hydroxylation is 1. The fourth-order valence-corrected chi connectivity index (χ4v) is 2.69. The number of nitrogens with zero attached hydrogens (tertiary/aromatic N) is 3. The van der Waals surface area contributed by atoms with E-state index < -0.39 is 11.8 Å². The van der Waals surface area contributed by atoms with Crippen LogP contribution in [0.4, 0.5) is 11.4 Å². The fourth-order valence-electron chi connectivity index (χ4n) is 2.69. The van der Waals surface area contributed by atoms with Gasteiger partial charge in [0.05, 0.1) is 5.52 Å². The Labute approximate surface area is 154 Å². The minimum absolute atomic E-state index is 0.0398. The van der Waals surface area contributed by atoms with Crippen LogP contribution in [0.25, 0.3) is 10.9 Å². The number of benzene rings is 2.